The maximum atomic E-state index is 11.7. The Labute approximate surface area is 162 Å². The minimum atomic E-state index is -0.532. The van der Waals surface area contributed by atoms with Crippen LogP contribution in [0.1, 0.15) is 29.7 Å². The van der Waals surface area contributed by atoms with Crippen molar-refractivity contribution in [2.24, 2.45) is 0 Å². The normalized spacial score (nSPS) is 14.8. The van der Waals surface area contributed by atoms with E-state index in [2.05, 4.69) is 22.4 Å². The molecule has 0 bridgehead atoms. The highest BCUT2D eigenvalue weighted by Gasteiger charge is 2.24. The van der Waals surface area contributed by atoms with E-state index in [4.69, 9.17) is 4.74 Å². The third kappa shape index (κ3) is 3.64. The molecule has 3 aromatic rings. The maximum absolute atomic E-state index is 11.7. The lowest BCUT2D eigenvalue weighted by Crippen LogP contribution is -2.34. The van der Waals surface area contributed by atoms with Crippen LogP contribution in [0.25, 0.3) is 10.9 Å². The molecule has 0 amide bonds. The molecule has 0 saturated heterocycles. The highest BCUT2D eigenvalue weighted by Crippen LogP contribution is 2.31. The predicted octanol–water partition coefficient (Wildman–Crippen LogP) is 2.59. The third-order valence-electron chi connectivity index (χ3n) is 5.20. The fraction of sp³-hybridized carbons (Fsp3) is 0.273. The first-order valence-corrected chi connectivity index (χ1v) is 9.33. The number of carbonyl (C=O) groups is 1. The van der Waals surface area contributed by atoms with Crippen molar-refractivity contribution in [1.82, 2.24) is 10.3 Å². The Bertz CT molecular complexity index is 1060. The van der Waals surface area contributed by atoms with Gasteiger partial charge in [-0.25, -0.2) is 0 Å². The van der Waals surface area contributed by atoms with Crippen LogP contribution in [0.2, 0.25) is 0 Å². The minimum Gasteiger partial charge on any atom is -0.506 e. The van der Waals surface area contributed by atoms with Gasteiger partial charge < -0.3 is 20.1 Å². The van der Waals surface area contributed by atoms with E-state index in [-0.39, 0.29) is 23.3 Å². The molecule has 0 fully saturated rings. The first kappa shape index (κ1) is 18.3. The van der Waals surface area contributed by atoms with E-state index in [1.165, 1.54) is 30.2 Å². The fourth-order valence-corrected chi connectivity index (χ4v) is 3.93. The molecule has 6 nitrogen and oxygen atoms in total. The quantitative estimate of drug-likeness (QED) is 0.594. The minimum absolute atomic E-state index is 0.0165. The summed E-state index contributed by atoms with van der Waals surface area (Å²) < 4.78 is 5.58. The summed E-state index contributed by atoms with van der Waals surface area (Å²) in [6.45, 7) is 1.82. The lowest BCUT2D eigenvalue weighted by atomic mass is 10.0. The van der Waals surface area contributed by atoms with Crippen LogP contribution in [-0.2, 0) is 22.4 Å². The van der Waals surface area contributed by atoms with Crippen molar-refractivity contribution in [2.75, 3.05) is 6.54 Å². The molecule has 1 aromatic heterocycles. The van der Waals surface area contributed by atoms with Gasteiger partial charge >= 0.3 is 5.97 Å². The second-order valence-electron chi connectivity index (χ2n) is 7.17. The number of fused-ring (bicyclic) bond motifs is 2. The predicted molar refractivity (Wildman–Crippen MR) is 106 cm³/mol. The van der Waals surface area contributed by atoms with Gasteiger partial charge in [0.1, 0.15) is 11.9 Å². The first-order chi connectivity index (χ1) is 13.5. The zero-order chi connectivity index (χ0) is 19.7. The average Bonchev–Trinajstić information content (AvgIpc) is 3.09. The van der Waals surface area contributed by atoms with Crippen molar-refractivity contribution >= 4 is 16.9 Å². The Hall–Kier alpha value is -3.12. The number of benzene rings is 2. The SMILES string of the molecule is CC(=O)OC(CNC1Cc2ccccc2C1)c1ccc(O)c2[nH]c(=O)ccc12. The molecule has 6 heteroatoms. The Morgan fingerprint density at radius 3 is 2.57 bits per heavy atom. The number of phenolic OH excluding ortho intramolecular Hbond substituents is 1. The molecule has 0 spiro atoms. The molecular weight excluding hydrogens is 356 g/mol. The van der Waals surface area contributed by atoms with Crippen molar-refractivity contribution in [3.8, 4) is 5.75 Å². The third-order valence-corrected chi connectivity index (χ3v) is 5.20. The number of nitrogens with one attached hydrogen (secondary N) is 2. The van der Waals surface area contributed by atoms with Crippen LogP contribution in [0, 0.1) is 0 Å². The molecule has 1 atom stereocenters. The Kier molecular flexibility index (Phi) is 4.88. The van der Waals surface area contributed by atoms with Crippen LogP contribution in [0.5, 0.6) is 5.75 Å². The number of aromatic hydroxyl groups is 1. The van der Waals surface area contributed by atoms with Crippen molar-refractivity contribution in [2.45, 2.75) is 31.9 Å². The van der Waals surface area contributed by atoms with Gasteiger partial charge in [0.25, 0.3) is 0 Å². The Morgan fingerprint density at radius 2 is 1.89 bits per heavy atom. The number of rotatable bonds is 5. The number of pyridine rings is 1. The molecule has 28 heavy (non-hydrogen) atoms. The number of phenols is 1. The number of H-pyrrole nitrogens is 1. The number of carbonyl (C=O) groups excluding carboxylic acids is 1. The van der Waals surface area contributed by atoms with Gasteiger partial charge in [-0.05, 0) is 36.1 Å². The van der Waals surface area contributed by atoms with E-state index in [0.29, 0.717) is 17.4 Å². The summed E-state index contributed by atoms with van der Waals surface area (Å²) in [5, 5.41) is 14.3. The molecule has 1 aliphatic rings. The van der Waals surface area contributed by atoms with Crippen LogP contribution >= 0.6 is 0 Å². The lowest BCUT2D eigenvalue weighted by molar-refractivity contribution is -0.146. The lowest BCUT2D eigenvalue weighted by Gasteiger charge is -2.22. The smallest absolute Gasteiger partial charge is 0.303 e. The summed E-state index contributed by atoms with van der Waals surface area (Å²) in [5.41, 5.74) is 3.47. The highest BCUT2D eigenvalue weighted by molar-refractivity contribution is 5.87. The van der Waals surface area contributed by atoms with Crippen LogP contribution in [-0.4, -0.2) is 28.6 Å². The molecular formula is C22H22N2O4. The molecule has 4 rings (SSSR count). The Balaban J connectivity index is 1.59. The molecule has 1 heterocycles. The van der Waals surface area contributed by atoms with Crippen LogP contribution < -0.4 is 10.9 Å². The number of aromatic nitrogens is 1. The van der Waals surface area contributed by atoms with Gasteiger partial charge in [-0.3, -0.25) is 9.59 Å². The molecule has 1 unspecified atom stereocenters. The zero-order valence-electron chi connectivity index (χ0n) is 15.6. The monoisotopic (exact) mass is 378 g/mol. The summed E-state index contributed by atoms with van der Waals surface area (Å²) in [6.07, 6.45) is 1.34. The van der Waals surface area contributed by atoms with Gasteiger partial charge in [-0.15, -0.1) is 0 Å². The van der Waals surface area contributed by atoms with E-state index in [0.717, 1.165) is 18.4 Å². The number of ether oxygens (including phenoxy) is 1. The summed E-state index contributed by atoms with van der Waals surface area (Å²) in [4.78, 5) is 26.0. The summed E-state index contributed by atoms with van der Waals surface area (Å²) >= 11 is 0. The molecule has 0 saturated carbocycles. The summed E-state index contributed by atoms with van der Waals surface area (Å²) in [5.74, 6) is -0.399. The highest BCUT2D eigenvalue weighted by atomic mass is 16.5. The van der Waals surface area contributed by atoms with Crippen molar-refractivity contribution in [3.05, 3.63) is 75.6 Å². The van der Waals surface area contributed by atoms with E-state index < -0.39 is 6.10 Å². The van der Waals surface area contributed by atoms with Gasteiger partial charge in [-0.1, -0.05) is 30.3 Å². The fourth-order valence-electron chi connectivity index (χ4n) is 3.93. The number of hydrogen-bond acceptors (Lipinski definition) is 5. The summed E-state index contributed by atoms with van der Waals surface area (Å²) in [7, 11) is 0. The second-order valence-corrected chi connectivity index (χ2v) is 7.17. The Morgan fingerprint density at radius 1 is 1.18 bits per heavy atom. The molecule has 0 aliphatic heterocycles. The topological polar surface area (TPSA) is 91.4 Å². The standard InChI is InChI=1S/C22H22N2O4/c1-13(25)28-20(12-23-16-10-14-4-2-3-5-15(14)11-16)17-6-8-19(26)22-18(17)7-9-21(27)24-22/h2-9,16,20,23,26H,10-12H2,1H3,(H,24,27). The van der Waals surface area contributed by atoms with Gasteiger partial charge in [0.15, 0.2) is 0 Å². The number of esters is 1. The van der Waals surface area contributed by atoms with Gasteiger partial charge in [-0.2, -0.15) is 0 Å². The van der Waals surface area contributed by atoms with Crippen LogP contribution in [0.3, 0.4) is 0 Å². The van der Waals surface area contributed by atoms with Crippen molar-refractivity contribution in [1.29, 1.82) is 0 Å². The molecule has 1 aliphatic carbocycles. The number of aromatic amines is 1. The van der Waals surface area contributed by atoms with Crippen molar-refractivity contribution in [3.63, 3.8) is 0 Å². The van der Waals surface area contributed by atoms with Crippen molar-refractivity contribution < 1.29 is 14.6 Å². The molecule has 0 radical (unpaired) electrons. The first-order valence-electron chi connectivity index (χ1n) is 9.33. The van der Waals surface area contributed by atoms with E-state index in [1.54, 1.807) is 12.1 Å². The van der Waals surface area contributed by atoms with Gasteiger partial charge in [0, 0.05) is 36.5 Å². The van der Waals surface area contributed by atoms with Gasteiger partial charge in [0.05, 0.1) is 5.52 Å². The molecule has 2 aromatic carbocycles. The maximum Gasteiger partial charge on any atom is 0.303 e. The summed E-state index contributed by atoms with van der Waals surface area (Å²) in [6, 6.07) is 14.9. The van der Waals surface area contributed by atoms with Crippen LogP contribution in [0.4, 0.5) is 0 Å². The molecule has 144 valence electrons. The zero-order valence-corrected chi connectivity index (χ0v) is 15.6. The largest absolute Gasteiger partial charge is 0.506 e. The van der Waals surface area contributed by atoms with E-state index >= 15 is 0 Å². The molecule has 3 N–H and O–H groups in total. The number of hydrogen-bond donors (Lipinski definition) is 3. The second kappa shape index (κ2) is 7.48. The van der Waals surface area contributed by atoms with Gasteiger partial charge in [0.2, 0.25) is 5.56 Å². The van der Waals surface area contributed by atoms with Crippen LogP contribution in [0.15, 0.2) is 53.3 Å². The van der Waals surface area contributed by atoms with E-state index in [1.807, 2.05) is 12.1 Å². The van der Waals surface area contributed by atoms with E-state index in [9.17, 15) is 14.7 Å². The average molecular weight is 378 g/mol.